The lowest BCUT2D eigenvalue weighted by molar-refractivity contribution is 0.0347. The molecule has 0 heterocycles. The van der Waals surface area contributed by atoms with Crippen molar-refractivity contribution in [2.45, 2.75) is 56.8 Å². The molecule has 1 aliphatic rings. The van der Waals surface area contributed by atoms with Crippen molar-refractivity contribution in [2.75, 3.05) is 7.11 Å². The largest absolute Gasteiger partial charge is 0.497 e. The average molecular weight is 293 g/mol. The summed E-state index contributed by atoms with van der Waals surface area (Å²) in [6, 6.07) is 7.43. The summed E-state index contributed by atoms with van der Waals surface area (Å²) in [5.74, 6) is 0.871. The van der Waals surface area contributed by atoms with Crippen LogP contribution in [0.2, 0.25) is 0 Å². The second-order valence-corrected chi connectivity index (χ2v) is 6.13. The minimum atomic E-state index is -0.605. The molecule has 0 amide bonds. The highest BCUT2D eigenvalue weighted by molar-refractivity contribution is 5.31. The van der Waals surface area contributed by atoms with E-state index in [1.807, 2.05) is 24.3 Å². The van der Waals surface area contributed by atoms with Crippen molar-refractivity contribution in [3.8, 4) is 5.75 Å². The molecular formula is C17H27NO3. The van der Waals surface area contributed by atoms with Crippen LogP contribution in [0.25, 0.3) is 0 Å². The second-order valence-electron chi connectivity index (χ2n) is 6.13. The quantitative estimate of drug-likeness (QED) is 0.776. The van der Waals surface area contributed by atoms with Crippen LogP contribution in [-0.2, 0) is 0 Å². The lowest BCUT2D eigenvalue weighted by Crippen LogP contribution is -2.45. The van der Waals surface area contributed by atoms with E-state index in [9.17, 15) is 10.2 Å². The molecule has 5 atom stereocenters. The summed E-state index contributed by atoms with van der Waals surface area (Å²) in [6.07, 6.45) is 3.02. The number of methoxy groups -OCH3 is 1. The SMILES string of the molecule is COc1ccc([C@H]([C@H](N)[C@H](C)O)[C@@H]2CCCC[C@@H]2O)cc1. The smallest absolute Gasteiger partial charge is 0.118 e. The van der Waals surface area contributed by atoms with Gasteiger partial charge in [0, 0.05) is 12.0 Å². The number of nitrogens with two attached hydrogens (primary N) is 1. The number of benzene rings is 1. The third kappa shape index (κ3) is 3.76. The minimum absolute atomic E-state index is 0.0359. The number of rotatable bonds is 5. The molecule has 0 radical (unpaired) electrons. The van der Waals surface area contributed by atoms with Gasteiger partial charge in [-0.25, -0.2) is 0 Å². The Labute approximate surface area is 126 Å². The fourth-order valence-corrected chi connectivity index (χ4v) is 3.44. The molecule has 21 heavy (non-hydrogen) atoms. The van der Waals surface area contributed by atoms with Gasteiger partial charge in [0.2, 0.25) is 0 Å². The van der Waals surface area contributed by atoms with Gasteiger partial charge in [0.1, 0.15) is 5.75 Å². The zero-order valence-electron chi connectivity index (χ0n) is 12.9. The van der Waals surface area contributed by atoms with Gasteiger partial charge in [-0.1, -0.05) is 25.0 Å². The molecule has 0 spiro atoms. The molecule has 4 N–H and O–H groups in total. The first-order valence-electron chi connectivity index (χ1n) is 7.80. The molecule has 0 aliphatic heterocycles. The molecule has 1 fully saturated rings. The van der Waals surface area contributed by atoms with E-state index in [1.54, 1.807) is 14.0 Å². The predicted octanol–water partition coefficient (Wildman–Crippen LogP) is 2.04. The summed E-state index contributed by atoms with van der Waals surface area (Å²) < 4.78 is 5.19. The van der Waals surface area contributed by atoms with Crippen molar-refractivity contribution in [3.05, 3.63) is 29.8 Å². The normalized spacial score (nSPS) is 26.9. The second kappa shape index (κ2) is 7.25. The summed E-state index contributed by atoms with van der Waals surface area (Å²) in [4.78, 5) is 0. The Balaban J connectivity index is 2.30. The molecule has 1 aliphatic carbocycles. The van der Waals surface area contributed by atoms with Gasteiger partial charge in [0.25, 0.3) is 0 Å². The van der Waals surface area contributed by atoms with E-state index >= 15 is 0 Å². The number of ether oxygens (including phenoxy) is 1. The van der Waals surface area contributed by atoms with Crippen LogP contribution in [0.1, 0.15) is 44.1 Å². The molecule has 1 aromatic carbocycles. The van der Waals surface area contributed by atoms with Crippen LogP contribution in [0.3, 0.4) is 0 Å². The van der Waals surface area contributed by atoms with Crippen molar-refractivity contribution in [1.82, 2.24) is 0 Å². The van der Waals surface area contributed by atoms with Gasteiger partial charge in [-0.05, 0) is 43.4 Å². The Hall–Kier alpha value is -1.10. The maximum Gasteiger partial charge on any atom is 0.118 e. The van der Waals surface area contributed by atoms with Crippen LogP contribution in [0.15, 0.2) is 24.3 Å². The minimum Gasteiger partial charge on any atom is -0.497 e. The summed E-state index contributed by atoms with van der Waals surface area (Å²) in [7, 11) is 1.64. The van der Waals surface area contributed by atoms with Crippen LogP contribution in [0, 0.1) is 5.92 Å². The van der Waals surface area contributed by atoms with Crippen LogP contribution in [-0.4, -0.2) is 35.6 Å². The van der Waals surface area contributed by atoms with E-state index in [0.29, 0.717) is 0 Å². The number of hydrogen-bond donors (Lipinski definition) is 3. The van der Waals surface area contributed by atoms with Crippen molar-refractivity contribution in [1.29, 1.82) is 0 Å². The van der Waals surface area contributed by atoms with Crippen LogP contribution >= 0.6 is 0 Å². The van der Waals surface area contributed by atoms with E-state index < -0.39 is 6.10 Å². The van der Waals surface area contributed by atoms with Gasteiger partial charge >= 0.3 is 0 Å². The van der Waals surface area contributed by atoms with Gasteiger partial charge < -0.3 is 20.7 Å². The lowest BCUT2D eigenvalue weighted by Gasteiger charge is -2.38. The Morgan fingerprint density at radius 1 is 1.19 bits per heavy atom. The van der Waals surface area contributed by atoms with Gasteiger partial charge in [0.15, 0.2) is 0 Å². The molecule has 0 unspecified atom stereocenters. The van der Waals surface area contributed by atoms with Gasteiger partial charge in [-0.3, -0.25) is 0 Å². The molecule has 4 nitrogen and oxygen atoms in total. The lowest BCUT2D eigenvalue weighted by atomic mass is 9.71. The fourth-order valence-electron chi connectivity index (χ4n) is 3.44. The topological polar surface area (TPSA) is 75.7 Å². The first kappa shape index (κ1) is 16.3. The molecule has 0 bridgehead atoms. The maximum absolute atomic E-state index is 10.4. The molecule has 0 aromatic heterocycles. The molecule has 1 aromatic rings. The van der Waals surface area contributed by atoms with Crippen molar-refractivity contribution in [2.24, 2.45) is 11.7 Å². The Bertz CT molecular complexity index is 432. The summed E-state index contributed by atoms with van der Waals surface area (Å²) in [5.41, 5.74) is 7.33. The van der Waals surface area contributed by atoms with E-state index in [-0.39, 0.29) is 24.0 Å². The fraction of sp³-hybridized carbons (Fsp3) is 0.647. The number of aliphatic hydroxyl groups excluding tert-OH is 2. The van der Waals surface area contributed by atoms with E-state index in [1.165, 1.54) is 0 Å². The van der Waals surface area contributed by atoms with Crippen LogP contribution in [0.4, 0.5) is 0 Å². The predicted molar refractivity (Wildman–Crippen MR) is 83.4 cm³/mol. The molecule has 2 rings (SSSR count). The highest BCUT2D eigenvalue weighted by Crippen LogP contribution is 2.39. The summed E-state index contributed by atoms with van der Waals surface area (Å²) >= 11 is 0. The van der Waals surface area contributed by atoms with Gasteiger partial charge in [0.05, 0.1) is 19.3 Å². The van der Waals surface area contributed by atoms with Gasteiger partial charge in [-0.2, -0.15) is 0 Å². The Kier molecular flexibility index (Phi) is 5.62. The van der Waals surface area contributed by atoms with Crippen LogP contribution < -0.4 is 10.5 Å². The van der Waals surface area contributed by atoms with Crippen molar-refractivity contribution in [3.63, 3.8) is 0 Å². The first-order chi connectivity index (χ1) is 10.0. The Morgan fingerprint density at radius 2 is 1.81 bits per heavy atom. The van der Waals surface area contributed by atoms with Crippen molar-refractivity contribution < 1.29 is 14.9 Å². The number of hydrogen-bond acceptors (Lipinski definition) is 4. The molecule has 1 saturated carbocycles. The monoisotopic (exact) mass is 293 g/mol. The zero-order chi connectivity index (χ0) is 15.4. The van der Waals surface area contributed by atoms with E-state index in [0.717, 1.165) is 37.0 Å². The molecule has 0 saturated heterocycles. The first-order valence-corrected chi connectivity index (χ1v) is 7.80. The maximum atomic E-state index is 10.4. The Morgan fingerprint density at radius 3 is 2.33 bits per heavy atom. The zero-order valence-corrected chi connectivity index (χ0v) is 12.9. The highest BCUT2D eigenvalue weighted by atomic mass is 16.5. The average Bonchev–Trinajstić information content (AvgIpc) is 2.50. The summed E-state index contributed by atoms with van der Waals surface area (Å²) in [6.45, 7) is 1.72. The van der Waals surface area contributed by atoms with Crippen LogP contribution in [0.5, 0.6) is 5.75 Å². The molecular weight excluding hydrogens is 266 g/mol. The van der Waals surface area contributed by atoms with Crippen molar-refractivity contribution >= 4 is 0 Å². The third-order valence-corrected chi connectivity index (χ3v) is 4.72. The standard InChI is InChI=1S/C17H27NO3/c1-11(19)17(18)16(14-5-3-4-6-15(14)20)12-7-9-13(21-2)10-8-12/h7-11,14-17,19-20H,3-6,18H2,1-2H3/t11-,14+,15-,16-,17+/m0/s1. The van der Waals surface area contributed by atoms with Gasteiger partial charge in [-0.15, -0.1) is 0 Å². The number of aliphatic hydroxyl groups is 2. The van der Waals surface area contributed by atoms with E-state index in [2.05, 4.69) is 0 Å². The van der Waals surface area contributed by atoms with E-state index in [4.69, 9.17) is 10.5 Å². The molecule has 118 valence electrons. The molecule has 4 heteroatoms. The summed E-state index contributed by atoms with van der Waals surface area (Å²) in [5, 5.41) is 20.3. The third-order valence-electron chi connectivity index (χ3n) is 4.72. The highest BCUT2D eigenvalue weighted by Gasteiger charge is 2.36.